The Bertz CT molecular complexity index is 3560. The second-order valence-electron chi connectivity index (χ2n) is 17.0. The van der Waals surface area contributed by atoms with Crippen LogP contribution in [0.2, 0.25) is 0 Å². The molecule has 23 heteroatoms. The van der Waals surface area contributed by atoms with Gasteiger partial charge >= 0.3 is 5.97 Å². The van der Waals surface area contributed by atoms with Crippen molar-refractivity contribution in [1.29, 1.82) is 0 Å². The molecule has 76 heavy (non-hydrogen) atoms. The van der Waals surface area contributed by atoms with Gasteiger partial charge < -0.3 is 29.5 Å². The molecule has 16 nitrogen and oxygen atoms in total. The average Bonchev–Trinajstić information content (AvgIpc) is 4.12. The van der Waals surface area contributed by atoms with Crippen LogP contribution < -0.4 is 20.8 Å². The van der Waals surface area contributed by atoms with Crippen LogP contribution in [0.3, 0.4) is 0 Å². The van der Waals surface area contributed by atoms with E-state index in [0.29, 0.717) is 32.4 Å². The summed E-state index contributed by atoms with van der Waals surface area (Å²) in [6.45, 7) is -0.204. The Hall–Kier alpha value is -7.57. The summed E-state index contributed by atoms with van der Waals surface area (Å²) >= 11 is 3.86. The van der Waals surface area contributed by atoms with Crippen molar-refractivity contribution in [3.8, 4) is 5.75 Å². The van der Waals surface area contributed by atoms with Gasteiger partial charge in [0.2, 0.25) is 0 Å². The SMILES string of the molecule is CO/N=C(\C(=O)NC1C(=O)N2C(C(=O)OCc3ccc(OC)cc3)=C(CSc3cc(=O)c4cc(F)c(Sc5nncn5C)c(F)c4s3)CS(=O)[C@@H]12)c1csc(NC(c2ccccc2)(c2ccccc2)c2ccccc2)n1. The molecular formula is C53H42F2N8O8S5. The molecule has 0 spiro atoms. The van der Waals surface area contributed by atoms with Gasteiger partial charge in [0.05, 0.1) is 37.5 Å². The monoisotopic (exact) mass is 1120 g/mol. The lowest BCUT2D eigenvalue weighted by Crippen LogP contribution is -2.74. The first-order chi connectivity index (χ1) is 36.9. The number of nitrogens with zero attached hydrogens (tertiary/aromatic N) is 6. The Morgan fingerprint density at radius 2 is 1.58 bits per heavy atom. The van der Waals surface area contributed by atoms with E-state index in [-0.39, 0.29) is 60.9 Å². The number of thiazole rings is 1. The van der Waals surface area contributed by atoms with E-state index < -0.39 is 62.6 Å². The molecule has 3 atom stereocenters. The van der Waals surface area contributed by atoms with Gasteiger partial charge in [-0.15, -0.1) is 44.6 Å². The standard InChI is InChI=1S/C53H42F2N8O8S5/c1-62-29-56-60-52(62)75-46-37(54)23-36-39(64)24-40(74-45(36)41(46)55)72-26-31-28-76(68)49-43(48(66)63(49)44(31)50(67)71-25-30-19-21-35(69-2)22-20-30)58-47(65)42(61-70-3)38-27-73-51(57-38)59-53(32-13-7-4-8-14-32,33-15-9-5-10-16-33)34-17-11-6-12-18-34/h4-24,27,29,43,49H,25-26,28H2,1-3H3,(H,57,59)(H,58,65)/b61-42-/t43?,49-,76?/m0/s1. The molecule has 2 aliphatic heterocycles. The number of benzene rings is 5. The Morgan fingerprint density at radius 1 is 0.921 bits per heavy atom. The third-order valence-corrected chi connectivity index (χ3v) is 18.3. The highest BCUT2D eigenvalue weighted by atomic mass is 32.2. The van der Waals surface area contributed by atoms with Gasteiger partial charge in [-0.25, -0.2) is 18.6 Å². The highest BCUT2D eigenvalue weighted by Gasteiger charge is 2.57. The van der Waals surface area contributed by atoms with Crippen molar-refractivity contribution >= 4 is 95.7 Å². The van der Waals surface area contributed by atoms with E-state index in [1.165, 1.54) is 42.5 Å². The molecule has 2 aliphatic rings. The summed E-state index contributed by atoms with van der Waals surface area (Å²) in [4.78, 5) is 66.9. The van der Waals surface area contributed by atoms with Crippen molar-refractivity contribution in [3.63, 3.8) is 0 Å². The normalized spacial score (nSPS) is 16.5. The molecule has 0 bridgehead atoms. The molecule has 0 aliphatic carbocycles. The average molecular weight is 1120 g/mol. The van der Waals surface area contributed by atoms with E-state index in [1.807, 2.05) is 91.0 Å². The zero-order chi connectivity index (χ0) is 53.1. The first kappa shape index (κ1) is 51.9. The summed E-state index contributed by atoms with van der Waals surface area (Å²) < 4.78 is 58.4. The van der Waals surface area contributed by atoms with Crippen molar-refractivity contribution in [2.24, 2.45) is 12.2 Å². The lowest BCUT2D eigenvalue weighted by atomic mass is 9.77. The number of esters is 1. The first-order valence-electron chi connectivity index (χ1n) is 23.0. The molecule has 1 saturated heterocycles. The van der Waals surface area contributed by atoms with E-state index in [1.54, 1.807) is 36.7 Å². The minimum Gasteiger partial charge on any atom is -0.497 e. The molecule has 5 aromatic carbocycles. The maximum atomic E-state index is 16.1. The highest BCUT2D eigenvalue weighted by molar-refractivity contribution is 8.01. The maximum absolute atomic E-state index is 16.1. The smallest absolute Gasteiger partial charge is 0.355 e. The summed E-state index contributed by atoms with van der Waals surface area (Å²) in [5.74, 6) is -4.19. The Balaban J connectivity index is 0.922. The van der Waals surface area contributed by atoms with Gasteiger partial charge in [0, 0.05) is 29.6 Å². The Labute approximate surface area is 451 Å². The number of aromatic nitrogens is 4. The summed E-state index contributed by atoms with van der Waals surface area (Å²) in [6, 6.07) is 37.2. The summed E-state index contributed by atoms with van der Waals surface area (Å²) in [6.07, 6.45) is 1.38. The number of ether oxygens (including phenoxy) is 2. The van der Waals surface area contributed by atoms with E-state index in [9.17, 15) is 23.4 Å². The van der Waals surface area contributed by atoms with Crippen molar-refractivity contribution in [3.05, 3.63) is 200 Å². The van der Waals surface area contributed by atoms with Gasteiger partial charge in [-0.1, -0.05) is 108 Å². The topological polar surface area (TPSA) is 196 Å². The molecule has 0 radical (unpaired) electrons. The molecular weight excluding hydrogens is 1070 g/mol. The fraction of sp³-hybridized carbons (Fsp3) is 0.170. The van der Waals surface area contributed by atoms with Gasteiger partial charge in [-0.05, 0) is 57.8 Å². The van der Waals surface area contributed by atoms with Crippen LogP contribution in [-0.4, -0.2) is 89.5 Å². The number of oxime groups is 1. The van der Waals surface area contributed by atoms with Crippen molar-refractivity contribution in [2.75, 3.05) is 31.0 Å². The highest BCUT2D eigenvalue weighted by Crippen LogP contribution is 2.43. The molecule has 2 amide bonds. The number of anilines is 1. The number of carbonyl (C=O) groups excluding carboxylic acids is 3. The van der Waals surface area contributed by atoms with Crippen LogP contribution >= 0.6 is 46.2 Å². The Kier molecular flexibility index (Phi) is 15.2. The van der Waals surface area contributed by atoms with Gasteiger partial charge in [0.25, 0.3) is 11.8 Å². The third kappa shape index (κ3) is 10.1. The number of thioether (sulfide) groups is 1. The third-order valence-electron chi connectivity index (χ3n) is 12.4. The molecule has 8 aromatic rings. The zero-order valence-corrected chi connectivity index (χ0v) is 44.4. The second-order valence-corrected chi connectivity index (χ2v) is 22.7. The fourth-order valence-corrected chi connectivity index (χ4v) is 14.4. The summed E-state index contributed by atoms with van der Waals surface area (Å²) in [7, 11) is 2.48. The predicted molar refractivity (Wildman–Crippen MR) is 288 cm³/mol. The van der Waals surface area contributed by atoms with Gasteiger partial charge in [0.1, 0.15) is 60.0 Å². The lowest BCUT2D eigenvalue weighted by Gasteiger charge is -2.49. The number of nitrogens with one attached hydrogen (secondary N) is 2. The minimum atomic E-state index is -1.92. The van der Waals surface area contributed by atoms with Crippen LogP contribution in [0.25, 0.3) is 10.1 Å². The number of aryl methyl sites for hydroxylation is 1. The number of hydrogen-bond donors (Lipinski definition) is 2. The Morgan fingerprint density at radius 3 is 2.18 bits per heavy atom. The number of rotatable bonds is 18. The summed E-state index contributed by atoms with van der Waals surface area (Å²) in [5, 5.41) is 18.9. The largest absolute Gasteiger partial charge is 0.497 e. The van der Waals surface area contributed by atoms with Crippen molar-refractivity contribution in [1.82, 2.24) is 30.0 Å². The number of amides is 2. The van der Waals surface area contributed by atoms with Crippen molar-refractivity contribution < 1.29 is 41.7 Å². The molecule has 2 N–H and O–H groups in total. The molecule has 2 unspecified atom stereocenters. The quantitative estimate of drug-likeness (QED) is 0.0208. The number of hydrogen-bond acceptors (Lipinski definition) is 17. The molecule has 10 rings (SSSR count). The number of fused-ring (bicyclic) bond motifs is 2. The van der Waals surface area contributed by atoms with Gasteiger partial charge in [0.15, 0.2) is 27.2 Å². The van der Waals surface area contributed by atoms with E-state index in [0.717, 1.165) is 50.8 Å². The van der Waals surface area contributed by atoms with Crippen LogP contribution in [0, 0.1) is 11.6 Å². The molecule has 5 heterocycles. The first-order valence-corrected chi connectivity index (χ1v) is 27.9. The summed E-state index contributed by atoms with van der Waals surface area (Å²) in [5.41, 5.74) is 1.66. The predicted octanol–water partition coefficient (Wildman–Crippen LogP) is 8.24. The van der Waals surface area contributed by atoms with Crippen LogP contribution in [0.1, 0.15) is 27.9 Å². The number of halogens is 2. The van der Waals surface area contributed by atoms with Gasteiger partial charge in [-0.3, -0.25) is 23.5 Å². The van der Waals surface area contributed by atoms with Gasteiger partial charge in [-0.2, -0.15) is 0 Å². The second kappa shape index (κ2) is 22.3. The molecule has 386 valence electrons. The number of methoxy groups -OCH3 is 1. The fourth-order valence-electron chi connectivity index (χ4n) is 8.74. The number of carbonyl (C=O) groups is 3. The van der Waals surface area contributed by atoms with E-state index in [4.69, 9.17) is 19.3 Å². The minimum absolute atomic E-state index is 0.0953. The van der Waals surface area contributed by atoms with Crippen LogP contribution in [0.4, 0.5) is 13.9 Å². The van der Waals surface area contributed by atoms with E-state index >= 15 is 8.78 Å². The van der Waals surface area contributed by atoms with E-state index in [2.05, 4.69) is 26.0 Å². The lowest BCUT2D eigenvalue weighted by molar-refractivity contribution is -0.153. The zero-order valence-electron chi connectivity index (χ0n) is 40.3. The maximum Gasteiger partial charge on any atom is 0.355 e. The van der Waals surface area contributed by atoms with Crippen LogP contribution in [0.5, 0.6) is 5.75 Å². The van der Waals surface area contributed by atoms with Crippen LogP contribution in [-0.2, 0) is 54.0 Å². The number of β-lactam (4-membered cyclic amide) rings is 1. The molecule has 0 saturated carbocycles. The molecule has 3 aromatic heterocycles. The molecule has 1 fully saturated rings. The van der Waals surface area contributed by atoms with Crippen LogP contribution in [0.15, 0.2) is 175 Å². The van der Waals surface area contributed by atoms with Crippen molar-refractivity contribution in [2.45, 2.75) is 37.8 Å².